The zero-order valence-corrected chi connectivity index (χ0v) is 10.4. The van der Waals surface area contributed by atoms with Crippen molar-refractivity contribution in [1.82, 2.24) is 5.32 Å². The summed E-state index contributed by atoms with van der Waals surface area (Å²) >= 11 is 0. The van der Waals surface area contributed by atoms with Crippen molar-refractivity contribution >= 4 is 11.6 Å². The van der Waals surface area contributed by atoms with Gasteiger partial charge in [0.15, 0.2) is 0 Å². The molecule has 0 aliphatic heterocycles. The van der Waals surface area contributed by atoms with Gasteiger partial charge in [-0.05, 0) is 49.8 Å². The number of hydrogen-bond donors (Lipinski definition) is 3. The Kier molecular flexibility index (Phi) is 4.20. The molecule has 1 fully saturated rings. The molecule has 1 aromatic carbocycles. The van der Waals surface area contributed by atoms with E-state index < -0.39 is 0 Å². The third-order valence-electron chi connectivity index (χ3n) is 3.59. The number of nitrogens with one attached hydrogen (secondary N) is 1. The Morgan fingerprint density at radius 2 is 2.06 bits per heavy atom. The number of carbonyl (C=O) groups excluding carboxylic acids is 1. The number of nitrogen functional groups attached to an aromatic ring is 1. The van der Waals surface area contributed by atoms with E-state index in [4.69, 9.17) is 10.8 Å². The lowest BCUT2D eigenvalue weighted by Crippen LogP contribution is -2.38. The summed E-state index contributed by atoms with van der Waals surface area (Å²) in [5.41, 5.74) is 6.87. The Morgan fingerprint density at radius 3 is 2.67 bits per heavy atom. The molecule has 0 saturated heterocycles. The lowest BCUT2D eigenvalue weighted by molar-refractivity contribution is 0.0914. The maximum absolute atomic E-state index is 12.0. The van der Waals surface area contributed by atoms with Gasteiger partial charge in [0, 0.05) is 23.9 Å². The molecule has 4 heteroatoms. The summed E-state index contributed by atoms with van der Waals surface area (Å²) in [7, 11) is 0. The molecule has 0 aromatic heterocycles. The molecule has 1 aliphatic carbocycles. The van der Waals surface area contributed by atoms with Crippen molar-refractivity contribution in [2.24, 2.45) is 5.92 Å². The number of aliphatic hydroxyl groups is 1. The van der Waals surface area contributed by atoms with Gasteiger partial charge in [-0.1, -0.05) is 6.07 Å². The highest BCUT2D eigenvalue weighted by atomic mass is 16.3. The van der Waals surface area contributed by atoms with Gasteiger partial charge < -0.3 is 16.2 Å². The Balaban J connectivity index is 1.89. The number of carbonyl (C=O) groups is 1. The fourth-order valence-electron chi connectivity index (χ4n) is 2.44. The van der Waals surface area contributed by atoms with Crippen molar-refractivity contribution in [3.05, 3.63) is 29.8 Å². The molecular weight excluding hydrogens is 228 g/mol. The van der Waals surface area contributed by atoms with Crippen LogP contribution in [0, 0.1) is 5.92 Å². The second kappa shape index (κ2) is 5.87. The van der Waals surface area contributed by atoms with Crippen molar-refractivity contribution in [3.8, 4) is 0 Å². The molecule has 0 spiro atoms. The van der Waals surface area contributed by atoms with Crippen molar-refractivity contribution in [2.75, 3.05) is 12.3 Å². The molecule has 0 heterocycles. The first-order chi connectivity index (χ1) is 8.69. The van der Waals surface area contributed by atoms with E-state index in [0.29, 0.717) is 17.2 Å². The largest absolute Gasteiger partial charge is 0.399 e. The molecule has 1 saturated carbocycles. The minimum Gasteiger partial charge on any atom is -0.399 e. The fourth-order valence-corrected chi connectivity index (χ4v) is 2.44. The van der Waals surface area contributed by atoms with Gasteiger partial charge in [-0.25, -0.2) is 0 Å². The van der Waals surface area contributed by atoms with Crippen LogP contribution < -0.4 is 11.1 Å². The van der Waals surface area contributed by atoms with Crippen LogP contribution in [0.5, 0.6) is 0 Å². The van der Waals surface area contributed by atoms with Gasteiger partial charge in [-0.3, -0.25) is 4.79 Å². The summed E-state index contributed by atoms with van der Waals surface area (Å²) in [6.07, 6.45) is 3.86. The molecule has 18 heavy (non-hydrogen) atoms. The SMILES string of the molecule is Nc1cccc(C(=O)NC2CCC(CO)CC2)c1. The highest BCUT2D eigenvalue weighted by Gasteiger charge is 2.22. The molecule has 1 aromatic rings. The van der Waals surface area contributed by atoms with E-state index in [1.54, 1.807) is 24.3 Å². The van der Waals surface area contributed by atoms with Gasteiger partial charge in [-0.2, -0.15) is 0 Å². The average Bonchev–Trinajstić information content (AvgIpc) is 2.39. The van der Waals surface area contributed by atoms with E-state index in [-0.39, 0.29) is 18.6 Å². The quantitative estimate of drug-likeness (QED) is 0.710. The van der Waals surface area contributed by atoms with Gasteiger partial charge in [0.05, 0.1) is 0 Å². The van der Waals surface area contributed by atoms with Crippen LogP contribution in [0.3, 0.4) is 0 Å². The van der Waals surface area contributed by atoms with Crippen LogP contribution in [-0.4, -0.2) is 23.7 Å². The van der Waals surface area contributed by atoms with Crippen LogP contribution in [0.2, 0.25) is 0 Å². The predicted octanol–water partition coefficient (Wildman–Crippen LogP) is 1.55. The van der Waals surface area contributed by atoms with Gasteiger partial charge in [0.1, 0.15) is 0 Å². The van der Waals surface area contributed by atoms with Crippen LogP contribution in [0.25, 0.3) is 0 Å². The maximum atomic E-state index is 12.0. The standard InChI is InChI=1S/C14H20N2O2/c15-12-3-1-2-11(8-12)14(18)16-13-6-4-10(9-17)5-7-13/h1-3,8,10,13,17H,4-7,9,15H2,(H,16,18). The lowest BCUT2D eigenvalue weighted by atomic mass is 9.86. The maximum Gasteiger partial charge on any atom is 0.251 e. The van der Waals surface area contributed by atoms with Crippen LogP contribution >= 0.6 is 0 Å². The summed E-state index contributed by atoms with van der Waals surface area (Å²) in [5.74, 6) is 0.347. The summed E-state index contributed by atoms with van der Waals surface area (Å²) in [6, 6.07) is 7.23. The van der Waals surface area contributed by atoms with Crippen molar-refractivity contribution < 1.29 is 9.90 Å². The Morgan fingerprint density at radius 1 is 1.33 bits per heavy atom. The van der Waals surface area contributed by atoms with Crippen LogP contribution in [0.4, 0.5) is 5.69 Å². The van der Waals surface area contributed by atoms with Crippen molar-refractivity contribution in [1.29, 1.82) is 0 Å². The van der Waals surface area contributed by atoms with Gasteiger partial charge in [0.2, 0.25) is 0 Å². The number of rotatable bonds is 3. The van der Waals surface area contributed by atoms with Gasteiger partial charge >= 0.3 is 0 Å². The zero-order chi connectivity index (χ0) is 13.0. The summed E-state index contributed by atoms with van der Waals surface area (Å²) < 4.78 is 0. The molecule has 0 atom stereocenters. The number of nitrogens with two attached hydrogens (primary N) is 1. The van der Waals surface area contributed by atoms with Crippen LogP contribution in [0.1, 0.15) is 36.0 Å². The van der Waals surface area contributed by atoms with E-state index in [1.165, 1.54) is 0 Å². The predicted molar refractivity (Wildman–Crippen MR) is 71.2 cm³/mol. The van der Waals surface area contributed by atoms with E-state index in [1.807, 2.05) is 0 Å². The molecule has 1 aliphatic rings. The van der Waals surface area contributed by atoms with Crippen molar-refractivity contribution in [3.63, 3.8) is 0 Å². The first kappa shape index (κ1) is 12.9. The second-order valence-corrected chi connectivity index (χ2v) is 5.00. The lowest BCUT2D eigenvalue weighted by Gasteiger charge is -2.27. The monoisotopic (exact) mass is 248 g/mol. The van der Waals surface area contributed by atoms with Crippen molar-refractivity contribution in [2.45, 2.75) is 31.7 Å². The van der Waals surface area contributed by atoms with Gasteiger partial charge in [-0.15, -0.1) is 0 Å². The molecule has 98 valence electrons. The first-order valence-corrected chi connectivity index (χ1v) is 6.46. The van der Waals surface area contributed by atoms with E-state index in [0.717, 1.165) is 25.7 Å². The Labute approximate surface area is 107 Å². The molecule has 2 rings (SSSR count). The van der Waals surface area contributed by atoms with Gasteiger partial charge in [0.25, 0.3) is 5.91 Å². The minimum absolute atomic E-state index is 0.0604. The fraction of sp³-hybridized carbons (Fsp3) is 0.500. The average molecular weight is 248 g/mol. The number of aliphatic hydroxyl groups excluding tert-OH is 1. The zero-order valence-electron chi connectivity index (χ0n) is 10.4. The molecular formula is C14H20N2O2. The number of amides is 1. The molecule has 4 N–H and O–H groups in total. The Hall–Kier alpha value is -1.55. The molecule has 0 unspecified atom stereocenters. The minimum atomic E-state index is -0.0604. The molecule has 0 bridgehead atoms. The van der Waals surface area contributed by atoms with E-state index in [9.17, 15) is 4.79 Å². The second-order valence-electron chi connectivity index (χ2n) is 5.00. The summed E-state index contributed by atoms with van der Waals surface area (Å²) in [5, 5.41) is 12.1. The summed E-state index contributed by atoms with van der Waals surface area (Å²) in [4.78, 5) is 12.0. The number of hydrogen-bond acceptors (Lipinski definition) is 3. The highest BCUT2D eigenvalue weighted by Crippen LogP contribution is 2.23. The normalized spacial score (nSPS) is 23.6. The molecule has 1 amide bonds. The third kappa shape index (κ3) is 3.23. The molecule has 4 nitrogen and oxygen atoms in total. The first-order valence-electron chi connectivity index (χ1n) is 6.46. The van der Waals surface area contributed by atoms with E-state index >= 15 is 0 Å². The van der Waals surface area contributed by atoms with E-state index in [2.05, 4.69) is 5.32 Å². The Bertz CT molecular complexity index is 412. The number of anilines is 1. The topological polar surface area (TPSA) is 75.4 Å². The number of benzene rings is 1. The third-order valence-corrected chi connectivity index (χ3v) is 3.59. The smallest absolute Gasteiger partial charge is 0.251 e. The summed E-state index contributed by atoms with van der Waals surface area (Å²) in [6.45, 7) is 0.260. The van der Waals surface area contributed by atoms with Crippen LogP contribution in [-0.2, 0) is 0 Å². The van der Waals surface area contributed by atoms with Crippen LogP contribution in [0.15, 0.2) is 24.3 Å². The molecule has 0 radical (unpaired) electrons. The highest BCUT2D eigenvalue weighted by molar-refractivity contribution is 5.95.